The van der Waals surface area contributed by atoms with E-state index < -0.39 is 16.3 Å². The minimum Gasteiger partial charge on any atom is -0.381 e. The van der Waals surface area contributed by atoms with Gasteiger partial charge in [0.25, 0.3) is 0 Å². The van der Waals surface area contributed by atoms with Gasteiger partial charge in [0.15, 0.2) is 11.6 Å². The number of nitrogen functional groups attached to an aromatic ring is 1. The Morgan fingerprint density at radius 1 is 1.36 bits per heavy atom. The molecule has 10 nitrogen and oxygen atoms in total. The Balaban J connectivity index is 1.73. The number of aryl methyl sites for hydroxylation is 1. The Bertz CT molecular complexity index is 1110. The molecule has 1 aliphatic rings. The molecule has 1 saturated carbocycles. The van der Waals surface area contributed by atoms with Gasteiger partial charge in [0.05, 0.1) is 16.8 Å². The first-order valence-corrected chi connectivity index (χ1v) is 10.1. The molecule has 28 heavy (non-hydrogen) atoms. The second-order valence-corrected chi connectivity index (χ2v) is 8.40. The van der Waals surface area contributed by atoms with Crippen molar-refractivity contribution in [2.75, 3.05) is 5.73 Å². The summed E-state index contributed by atoms with van der Waals surface area (Å²) in [5.41, 5.74) is 7.72. The number of aliphatic hydroxyl groups is 1. The van der Waals surface area contributed by atoms with Gasteiger partial charge in [-0.15, -0.1) is 0 Å². The van der Waals surface area contributed by atoms with Crippen LogP contribution < -0.4 is 10.5 Å². The van der Waals surface area contributed by atoms with Crippen molar-refractivity contribution in [3.8, 4) is 17.1 Å². The number of benzene rings is 1. The number of nitrogens with one attached hydrogen (secondary N) is 1. The predicted octanol–water partition coefficient (Wildman–Crippen LogP) is 0.622. The van der Waals surface area contributed by atoms with Crippen LogP contribution in [0.15, 0.2) is 41.9 Å². The summed E-state index contributed by atoms with van der Waals surface area (Å²) in [5, 5.41) is 14.0. The van der Waals surface area contributed by atoms with Crippen molar-refractivity contribution in [1.82, 2.24) is 29.5 Å². The largest absolute Gasteiger partial charge is 0.381 e. The van der Waals surface area contributed by atoms with Gasteiger partial charge in [-0.3, -0.25) is 0 Å². The van der Waals surface area contributed by atoms with Crippen LogP contribution in [0.25, 0.3) is 17.1 Å². The third kappa shape index (κ3) is 3.59. The number of aromatic nitrogens is 5. The van der Waals surface area contributed by atoms with Crippen LogP contribution in [-0.4, -0.2) is 44.5 Å². The molecule has 3 aromatic rings. The van der Waals surface area contributed by atoms with E-state index in [1.165, 1.54) is 35.7 Å². The third-order valence-electron chi connectivity index (χ3n) is 4.56. The van der Waals surface area contributed by atoms with Crippen LogP contribution >= 0.6 is 0 Å². The molecule has 1 unspecified atom stereocenters. The topological polar surface area (TPSA) is 149 Å². The first-order chi connectivity index (χ1) is 13.3. The van der Waals surface area contributed by atoms with Gasteiger partial charge in [0, 0.05) is 5.56 Å². The fourth-order valence-electron chi connectivity index (χ4n) is 2.78. The Morgan fingerprint density at radius 3 is 2.82 bits per heavy atom. The fourth-order valence-corrected chi connectivity index (χ4v) is 3.95. The highest BCUT2D eigenvalue weighted by Crippen LogP contribution is 2.32. The summed E-state index contributed by atoms with van der Waals surface area (Å²) in [4.78, 5) is 12.5. The molecule has 0 aliphatic heterocycles. The van der Waals surface area contributed by atoms with Crippen LogP contribution in [0.1, 0.15) is 18.4 Å². The van der Waals surface area contributed by atoms with E-state index in [-0.39, 0.29) is 16.6 Å². The average Bonchev–Trinajstić information content (AvgIpc) is 3.38. The van der Waals surface area contributed by atoms with Crippen molar-refractivity contribution in [2.45, 2.75) is 30.9 Å². The van der Waals surface area contributed by atoms with Crippen molar-refractivity contribution in [1.29, 1.82) is 0 Å². The Kier molecular flexibility index (Phi) is 4.57. The molecule has 4 N–H and O–H groups in total. The van der Waals surface area contributed by atoms with E-state index in [0.29, 0.717) is 17.1 Å². The lowest BCUT2D eigenvalue weighted by Gasteiger charge is -2.14. The van der Waals surface area contributed by atoms with E-state index in [9.17, 15) is 13.5 Å². The molecule has 4 rings (SSSR count). The van der Waals surface area contributed by atoms with E-state index in [1.54, 1.807) is 6.07 Å². The molecule has 0 bridgehead atoms. The highest BCUT2D eigenvalue weighted by Gasteiger charge is 2.33. The second-order valence-electron chi connectivity index (χ2n) is 6.68. The number of nitrogens with zero attached hydrogens (tertiary/aromatic N) is 5. The second kappa shape index (κ2) is 6.93. The van der Waals surface area contributed by atoms with Gasteiger partial charge in [-0.2, -0.15) is 14.5 Å². The first kappa shape index (κ1) is 18.5. The summed E-state index contributed by atoms with van der Waals surface area (Å²) in [6, 6.07) is 4.67. The molecule has 1 aromatic carbocycles. The number of rotatable bonds is 6. The van der Waals surface area contributed by atoms with Crippen molar-refractivity contribution >= 4 is 15.8 Å². The normalized spacial score (nSPS) is 15.5. The molecule has 146 valence electrons. The first-order valence-electron chi connectivity index (χ1n) is 8.64. The standard InChI is InChI=1S/C17H19N7O3S/c1-10-2-5-12(28(26,27)23-17(25)11-3-4-11)6-13(10)14-7-20-15(18)16(22-14)24-9-19-8-21-24/h2,5-9,11,17,23,25H,3-4H2,1H3,(H2,18,20). The SMILES string of the molecule is Cc1ccc(S(=O)(=O)NC(O)C2CC2)cc1-c1cnc(N)c(-n2cncn2)n1. The van der Waals surface area contributed by atoms with Crippen LogP contribution in [0.2, 0.25) is 0 Å². The number of anilines is 1. The van der Waals surface area contributed by atoms with Crippen LogP contribution in [0.5, 0.6) is 0 Å². The molecule has 0 amide bonds. The number of sulfonamides is 1. The molecule has 1 aliphatic carbocycles. The fraction of sp³-hybridized carbons (Fsp3) is 0.294. The van der Waals surface area contributed by atoms with E-state index in [1.807, 2.05) is 6.92 Å². The summed E-state index contributed by atoms with van der Waals surface area (Å²) >= 11 is 0. The molecule has 1 atom stereocenters. The zero-order chi connectivity index (χ0) is 19.9. The average molecular weight is 401 g/mol. The van der Waals surface area contributed by atoms with Crippen LogP contribution in [0.4, 0.5) is 5.82 Å². The molecule has 2 heterocycles. The number of aliphatic hydroxyl groups excluding tert-OH is 1. The van der Waals surface area contributed by atoms with E-state index in [2.05, 4.69) is 24.8 Å². The van der Waals surface area contributed by atoms with Crippen molar-refractivity contribution in [2.24, 2.45) is 5.92 Å². The lowest BCUT2D eigenvalue weighted by molar-refractivity contribution is 0.140. The van der Waals surface area contributed by atoms with Crippen LogP contribution in [0.3, 0.4) is 0 Å². The van der Waals surface area contributed by atoms with E-state index in [4.69, 9.17) is 5.73 Å². The maximum absolute atomic E-state index is 12.6. The van der Waals surface area contributed by atoms with Crippen LogP contribution in [0, 0.1) is 12.8 Å². The molecular formula is C17H19N7O3S. The van der Waals surface area contributed by atoms with Crippen LogP contribution in [-0.2, 0) is 10.0 Å². The molecule has 1 fully saturated rings. The molecule has 0 radical (unpaired) electrons. The summed E-state index contributed by atoms with van der Waals surface area (Å²) < 4.78 is 29.0. The monoisotopic (exact) mass is 401 g/mol. The lowest BCUT2D eigenvalue weighted by atomic mass is 10.1. The Hall–Kier alpha value is -2.89. The Labute approximate surface area is 161 Å². The zero-order valence-corrected chi connectivity index (χ0v) is 15.8. The molecule has 0 spiro atoms. The van der Waals surface area contributed by atoms with Crippen molar-refractivity contribution in [3.63, 3.8) is 0 Å². The summed E-state index contributed by atoms with van der Waals surface area (Å²) in [6.07, 6.45) is 4.82. The predicted molar refractivity (Wildman–Crippen MR) is 101 cm³/mol. The van der Waals surface area contributed by atoms with Crippen molar-refractivity contribution < 1.29 is 13.5 Å². The van der Waals surface area contributed by atoms with Gasteiger partial charge in [-0.1, -0.05) is 6.07 Å². The Morgan fingerprint density at radius 2 is 2.14 bits per heavy atom. The lowest BCUT2D eigenvalue weighted by Crippen LogP contribution is -2.36. The zero-order valence-electron chi connectivity index (χ0n) is 15.0. The smallest absolute Gasteiger partial charge is 0.242 e. The number of hydrogen-bond donors (Lipinski definition) is 3. The molecule has 2 aromatic heterocycles. The van der Waals surface area contributed by atoms with Gasteiger partial charge in [0.1, 0.15) is 18.9 Å². The van der Waals surface area contributed by atoms with Gasteiger partial charge in [-0.05, 0) is 43.4 Å². The van der Waals surface area contributed by atoms with E-state index in [0.717, 1.165) is 18.4 Å². The van der Waals surface area contributed by atoms with Crippen molar-refractivity contribution in [3.05, 3.63) is 42.6 Å². The molecule has 11 heteroatoms. The number of hydrogen-bond acceptors (Lipinski definition) is 8. The third-order valence-corrected chi connectivity index (χ3v) is 5.98. The summed E-state index contributed by atoms with van der Waals surface area (Å²) in [7, 11) is -3.87. The molecular weight excluding hydrogens is 382 g/mol. The quantitative estimate of drug-likeness (QED) is 0.509. The summed E-state index contributed by atoms with van der Waals surface area (Å²) in [6.45, 7) is 1.84. The summed E-state index contributed by atoms with van der Waals surface area (Å²) in [5.74, 6) is 0.447. The van der Waals surface area contributed by atoms with Gasteiger partial charge in [-0.25, -0.2) is 23.4 Å². The maximum Gasteiger partial charge on any atom is 0.242 e. The van der Waals surface area contributed by atoms with E-state index >= 15 is 0 Å². The highest BCUT2D eigenvalue weighted by molar-refractivity contribution is 7.89. The minimum atomic E-state index is -3.87. The molecule has 0 saturated heterocycles. The van der Waals surface area contributed by atoms with Gasteiger partial charge in [0.2, 0.25) is 10.0 Å². The van der Waals surface area contributed by atoms with Gasteiger partial charge < -0.3 is 10.8 Å². The highest BCUT2D eigenvalue weighted by atomic mass is 32.2. The van der Waals surface area contributed by atoms with Gasteiger partial charge >= 0.3 is 0 Å². The number of nitrogens with two attached hydrogens (primary N) is 1. The maximum atomic E-state index is 12.6. The minimum absolute atomic E-state index is 0.0205.